The predicted molar refractivity (Wildman–Crippen MR) is 66.7 cm³/mol. The maximum Gasteiger partial charge on any atom is 0.250 e. The summed E-state index contributed by atoms with van der Waals surface area (Å²) in [6, 6.07) is 0. The van der Waals surface area contributed by atoms with E-state index in [0.29, 0.717) is 5.41 Å². The van der Waals surface area contributed by atoms with E-state index in [1.54, 1.807) is 0 Å². The SMILES string of the molecule is CCC1(CNC(=O)C(CN)OC)CCC1.Cl. The van der Waals surface area contributed by atoms with E-state index < -0.39 is 6.10 Å². The molecule has 1 fully saturated rings. The van der Waals surface area contributed by atoms with Crippen LogP contribution in [0.1, 0.15) is 32.6 Å². The summed E-state index contributed by atoms with van der Waals surface area (Å²) in [7, 11) is 1.51. The van der Waals surface area contributed by atoms with Crippen LogP contribution in [0.25, 0.3) is 0 Å². The van der Waals surface area contributed by atoms with Gasteiger partial charge in [0.15, 0.2) is 0 Å². The highest BCUT2D eigenvalue weighted by Crippen LogP contribution is 2.42. The second kappa shape index (κ2) is 7.09. The van der Waals surface area contributed by atoms with Gasteiger partial charge < -0.3 is 15.8 Å². The first-order chi connectivity index (χ1) is 7.17. The molecule has 1 unspecified atom stereocenters. The van der Waals surface area contributed by atoms with E-state index in [0.717, 1.165) is 13.0 Å². The summed E-state index contributed by atoms with van der Waals surface area (Å²) >= 11 is 0. The van der Waals surface area contributed by atoms with Crippen molar-refractivity contribution in [1.82, 2.24) is 5.32 Å². The van der Waals surface area contributed by atoms with Gasteiger partial charge in [0.25, 0.3) is 0 Å². The van der Waals surface area contributed by atoms with Gasteiger partial charge in [0, 0.05) is 20.2 Å². The van der Waals surface area contributed by atoms with Crippen molar-refractivity contribution >= 4 is 18.3 Å². The van der Waals surface area contributed by atoms with Crippen LogP contribution in [0.3, 0.4) is 0 Å². The second-order valence-electron chi connectivity index (χ2n) is 4.38. The van der Waals surface area contributed by atoms with Gasteiger partial charge in [-0.3, -0.25) is 4.79 Å². The van der Waals surface area contributed by atoms with Gasteiger partial charge in [-0.2, -0.15) is 0 Å². The normalized spacial score (nSPS) is 19.2. The van der Waals surface area contributed by atoms with E-state index in [1.807, 2.05) is 0 Å². The molecule has 3 N–H and O–H groups in total. The highest BCUT2D eigenvalue weighted by atomic mass is 35.5. The van der Waals surface area contributed by atoms with Gasteiger partial charge in [0.1, 0.15) is 6.10 Å². The van der Waals surface area contributed by atoms with E-state index >= 15 is 0 Å². The zero-order valence-corrected chi connectivity index (χ0v) is 10.9. The third-order valence-electron chi connectivity index (χ3n) is 3.59. The van der Waals surface area contributed by atoms with Crippen LogP contribution < -0.4 is 11.1 Å². The number of methoxy groups -OCH3 is 1. The van der Waals surface area contributed by atoms with Crippen molar-refractivity contribution < 1.29 is 9.53 Å². The molecule has 1 aliphatic carbocycles. The Balaban J connectivity index is 0.00000225. The quantitative estimate of drug-likeness (QED) is 0.742. The average Bonchev–Trinajstić information content (AvgIpc) is 2.19. The fourth-order valence-electron chi connectivity index (χ4n) is 2.03. The van der Waals surface area contributed by atoms with Crippen LogP contribution in [0.2, 0.25) is 0 Å². The fraction of sp³-hybridized carbons (Fsp3) is 0.909. The van der Waals surface area contributed by atoms with Crippen molar-refractivity contribution in [2.24, 2.45) is 11.1 Å². The first-order valence-corrected chi connectivity index (χ1v) is 5.68. The number of rotatable bonds is 6. The standard InChI is InChI=1S/C11H22N2O2.ClH/c1-3-11(5-4-6-11)8-13-10(14)9(7-12)15-2;/h9H,3-8,12H2,1-2H3,(H,13,14);1H. The summed E-state index contributed by atoms with van der Waals surface area (Å²) in [5.41, 5.74) is 5.77. The van der Waals surface area contributed by atoms with Crippen molar-refractivity contribution in [2.45, 2.75) is 38.7 Å². The molecule has 16 heavy (non-hydrogen) atoms. The van der Waals surface area contributed by atoms with Gasteiger partial charge in [0.05, 0.1) is 0 Å². The van der Waals surface area contributed by atoms with E-state index in [1.165, 1.54) is 26.4 Å². The molecule has 0 spiro atoms. The number of ether oxygens (including phenoxy) is 1. The molecule has 5 heteroatoms. The molecular weight excluding hydrogens is 228 g/mol. The number of carbonyl (C=O) groups excluding carboxylic acids is 1. The van der Waals surface area contributed by atoms with Crippen molar-refractivity contribution in [3.63, 3.8) is 0 Å². The van der Waals surface area contributed by atoms with Crippen molar-refractivity contribution in [1.29, 1.82) is 0 Å². The zero-order chi connectivity index (χ0) is 11.3. The molecule has 96 valence electrons. The van der Waals surface area contributed by atoms with E-state index in [2.05, 4.69) is 12.2 Å². The first kappa shape index (κ1) is 15.7. The molecule has 1 amide bonds. The smallest absolute Gasteiger partial charge is 0.250 e. The minimum absolute atomic E-state index is 0. The molecular formula is C11H23ClN2O2. The van der Waals surface area contributed by atoms with Crippen LogP contribution in [0.15, 0.2) is 0 Å². The third-order valence-corrected chi connectivity index (χ3v) is 3.59. The maximum atomic E-state index is 11.6. The molecule has 0 aromatic heterocycles. The number of carbonyl (C=O) groups is 1. The summed E-state index contributed by atoms with van der Waals surface area (Å²) in [6.45, 7) is 3.19. The Kier molecular flexibility index (Phi) is 6.95. The minimum atomic E-state index is -0.501. The topological polar surface area (TPSA) is 64.4 Å². The van der Waals surface area contributed by atoms with Crippen molar-refractivity contribution in [3.8, 4) is 0 Å². The van der Waals surface area contributed by atoms with Crippen LogP contribution in [0.5, 0.6) is 0 Å². The Morgan fingerprint density at radius 2 is 2.19 bits per heavy atom. The van der Waals surface area contributed by atoms with Gasteiger partial charge in [-0.05, 0) is 24.7 Å². The molecule has 0 aromatic rings. The monoisotopic (exact) mass is 250 g/mol. The van der Waals surface area contributed by atoms with Crippen LogP contribution in [-0.4, -0.2) is 32.2 Å². The number of hydrogen-bond donors (Lipinski definition) is 2. The van der Waals surface area contributed by atoms with Gasteiger partial charge in [-0.1, -0.05) is 13.3 Å². The summed E-state index contributed by atoms with van der Waals surface area (Å²) < 4.78 is 4.97. The van der Waals surface area contributed by atoms with Crippen molar-refractivity contribution in [3.05, 3.63) is 0 Å². The molecule has 0 aliphatic heterocycles. The summed E-state index contributed by atoms with van der Waals surface area (Å²) in [5, 5.41) is 2.93. The molecule has 1 rings (SSSR count). The molecule has 1 atom stereocenters. The largest absolute Gasteiger partial charge is 0.370 e. The Bertz CT molecular complexity index is 211. The molecule has 4 nitrogen and oxygen atoms in total. The lowest BCUT2D eigenvalue weighted by Crippen LogP contribution is -2.47. The number of amides is 1. The summed E-state index contributed by atoms with van der Waals surface area (Å²) in [4.78, 5) is 11.6. The average molecular weight is 251 g/mol. The Morgan fingerprint density at radius 1 is 1.56 bits per heavy atom. The fourth-order valence-corrected chi connectivity index (χ4v) is 2.03. The van der Waals surface area contributed by atoms with E-state index in [9.17, 15) is 4.79 Å². The number of nitrogens with two attached hydrogens (primary N) is 1. The molecule has 0 saturated heterocycles. The van der Waals surface area contributed by atoms with Crippen LogP contribution in [0, 0.1) is 5.41 Å². The van der Waals surface area contributed by atoms with Crippen LogP contribution >= 0.6 is 12.4 Å². The number of nitrogens with one attached hydrogen (secondary N) is 1. The second-order valence-corrected chi connectivity index (χ2v) is 4.38. The van der Waals surface area contributed by atoms with Gasteiger partial charge >= 0.3 is 0 Å². The zero-order valence-electron chi connectivity index (χ0n) is 10.1. The summed E-state index contributed by atoms with van der Waals surface area (Å²) in [6.07, 6.45) is 4.37. The Morgan fingerprint density at radius 3 is 2.50 bits per heavy atom. The van der Waals surface area contributed by atoms with Crippen molar-refractivity contribution in [2.75, 3.05) is 20.2 Å². The molecule has 0 bridgehead atoms. The molecule has 0 aromatic carbocycles. The highest BCUT2D eigenvalue weighted by Gasteiger charge is 2.35. The predicted octanol–water partition coefficient (Wildman–Crippen LogP) is 1.08. The molecule has 0 heterocycles. The molecule has 0 radical (unpaired) electrons. The lowest BCUT2D eigenvalue weighted by molar-refractivity contribution is -0.131. The number of halogens is 1. The highest BCUT2D eigenvalue weighted by molar-refractivity contribution is 5.85. The lowest BCUT2D eigenvalue weighted by Gasteiger charge is -2.41. The van der Waals surface area contributed by atoms with Crippen LogP contribution in [-0.2, 0) is 9.53 Å². The lowest BCUT2D eigenvalue weighted by atomic mass is 9.67. The maximum absolute atomic E-state index is 11.6. The first-order valence-electron chi connectivity index (χ1n) is 5.68. The number of hydrogen-bond acceptors (Lipinski definition) is 3. The molecule has 1 aliphatic rings. The van der Waals surface area contributed by atoms with Gasteiger partial charge in [-0.25, -0.2) is 0 Å². The Hall–Kier alpha value is -0.320. The Labute approximate surface area is 104 Å². The van der Waals surface area contributed by atoms with E-state index in [4.69, 9.17) is 10.5 Å². The summed E-state index contributed by atoms with van der Waals surface area (Å²) in [5.74, 6) is -0.0836. The third kappa shape index (κ3) is 3.61. The minimum Gasteiger partial charge on any atom is -0.370 e. The molecule has 1 saturated carbocycles. The van der Waals surface area contributed by atoms with Gasteiger partial charge in [-0.15, -0.1) is 12.4 Å². The van der Waals surface area contributed by atoms with Crippen LogP contribution in [0.4, 0.5) is 0 Å². The van der Waals surface area contributed by atoms with E-state index in [-0.39, 0.29) is 24.9 Å². The van der Waals surface area contributed by atoms with Gasteiger partial charge in [0.2, 0.25) is 5.91 Å².